The topological polar surface area (TPSA) is 3.88 Å². The number of benzene rings is 6. The van der Waals surface area contributed by atoms with Gasteiger partial charge in [-0.2, -0.15) is 4.57 Å². The van der Waals surface area contributed by atoms with Crippen LogP contribution < -0.4 is 4.57 Å². The molecular formula is C52H52N+. The second kappa shape index (κ2) is 14.3. The minimum absolute atomic E-state index is 0.00550. The summed E-state index contributed by atoms with van der Waals surface area (Å²) in [5.41, 5.74) is 15.6. The summed E-state index contributed by atoms with van der Waals surface area (Å²) in [7, 11) is 0. The standard InChI is InChI=1S/C52H52N/c1-6-10-18-37-19-16-23-40(31-37)45-33-44(38-20-12-11-13-21-38)34-46(35-45)42-25-17-24-41(32-42)43-27-28-49-48(36-43)50-47-26-15-14-22-39(47)29-30-53(50)52(8-3,9-4)51(49,5)7-2/h11-17,19-36H,6-10,18H2,1-5H3/q+1. The Kier molecular flexibility index (Phi) is 9.37. The van der Waals surface area contributed by atoms with Crippen molar-refractivity contribution in [2.75, 3.05) is 0 Å². The Morgan fingerprint density at radius 2 is 1.08 bits per heavy atom. The predicted molar refractivity (Wildman–Crippen MR) is 226 cm³/mol. The lowest BCUT2D eigenvalue weighted by atomic mass is 9.58. The van der Waals surface area contributed by atoms with Crippen LogP contribution >= 0.6 is 0 Å². The fourth-order valence-corrected chi connectivity index (χ4v) is 9.58. The largest absolute Gasteiger partial charge is 0.221 e. The maximum absolute atomic E-state index is 2.66. The van der Waals surface area contributed by atoms with Gasteiger partial charge < -0.3 is 0 Å². The van der Waals surface area contributed by atoms with Crippen molar-refractivity contribution >= 4 is 10.8 Å². The number of aromatic nitrogens is 1. The molecule has 0 aliphatic carbocycles. The molecule has 2 heterocycles. The Hall–Kier alpha value is -5.27. The first kappa shape index (κ1) is 34.8. The van der Waals surface area contributed by atoms with Crippen LogP contribution in [0.3, 0.4) is 0 Å². The van der Waals surface area contributed by atoms with Gasteiger partial charge in [-0.25, -0.2) is 0 Å². The van der Waals surface area contributed by atoms with E-state index in [-0.39, 0.29) is 11.0 Å². The van der Waals surface area contributed by atoms with Crippen LogP contribution in [0.25, 0.3) is 66.5 Å². The fraction of sp³-hybridized carbons (Fsp3) is 0.250. The highest BCUT2D eigenvalue weighted by atomic mass is 15.1. The zero-order chi connectivity index (χ0) is 36.6. The van der Waals surface area contributed by atoms with Crippen molar-refractivity contribution in [2.45, 2.75) is 84.1 Å². The van der Waals surface area contributed by atoms with Crippen LogP contribution in [-0.4, -0.2) is 0 Å². The number of hydrogen-bond donors (Lipinski definition) is 0. The summed E-state index contributed by atoms with van der Waals surface area (Å²) in [4.78, 5) is 0. The first-order valence-electron chi connectivity index (χ1n) is 19.9. The van der Waals surface area contributed by atoms with Gasteiger partial charge in [-0.15, -0.1) is 0 Å². The van der Waals surface area contributed by atoms with Crippen molar-refractivity contribution in [1.82, 2.24) is 0 Å². The molecule has 6 aromatic carbocycles. The molecule has 0 saturated carbocycles. The highest BCUT2D eigenvalue weighted by Crippen LogP contribution is 2.53. The van der Waals surface area contributed by atoms with Gasteiger partial charge in [0.05, 0.1) is 16.4 Å². The molecule has 7 aromatic rings. The molecule has 1 atom stereocenters. The second-order valence-electron chi connectivity index (χ2n) is 15.4. The Bertz CT molecular complexity index is 2410. The molecule has 1 nitrogen and oxygen atoms in total. The van der Waals surface area contributed by atoms with Gasteiger partial charge in [0.1, 0.15) is 0 Å². The molecule has 53 heavy (non-hydrogen) atoms. The summed E-state index contributed by atoms with van der Waals surface area (Å²) in [6, 6.07) is 54.9. The fourth-order valence-electron chi connectivity index (χ4n) is 9.58. The van der Waals surface area contributed by atoms with E-state index in [2.05, 4.69) is 191 Å². The quantitative estimate of drug-likeness (QED) is 0.126. The first-order valence-corrected chi connectivity index (χ1v) is 19.9. The minimum Gasteiger partial charge on any atom is -0.192 e. The van der Waals surface area contributed by atoms with E-state index in [4.69, 9.17) is 0 Å². The molecule has 1 unspecified atom stereocenters. The van der Waals surface area contributed by atoms with Gasteiger partial charge in [0.15, 0.2) is 11.7 Å². The lowest BCUT2D eigenvalue weighted by Crippen LogP contribution is -2.68. The summed E-state index contributed by atoms with van der Waals surface area (Å²) in [5, 5.41) is 2.62. The molecule has 1 aromatic heterocycles. The third kappa shape index (κ3) is 5.91. The van der Waals surface area contributed by atoms with Crippen LogP contribution in [0.15, 0.2) is 152 Å². The average Bonchev–Trinajstić information content (AvgIpc) is 3.23. The number of pyridine rings is 1. The molecule has 0 fully saturated rings. The molecule has 8 rings (SSSR count). The number of aryl methyl sites for hydroxylation is 1. The Balaban J connectivity index is 1.28. The lowest BCUT2D eigenvalue weighted by molar-refractivity contribution is -0.768. The van der Waals surface area contributed by atoms with Gasteiger partial charge in [-0.05, 0) is 124 Å². The van der Waals surface area contributed by atoms with E-state index in [0.29, 0.717) is 0 Å². The van der Waals surface area contributed by atoms with Crippen molar-refractivity contribution in [1.29, 1.82) is 0 Å². The first-order chi connectivity index (χ1) is 25.9. The number of fused-ring (bicyclic) bond motifs is 5. The molecule has 0 bridgehead atoms. The molecule has 1 heteroatoms. The highest BCUT2D eigenvalue weighted by Gasteiger charge is 2.58. The van der Waals surface area contributed by atoms with E-state index in [0.717, 1.165) is 25.7 Å². The van der Waals surface area contributed by atoms with Gasteiger partial charge >= 0.3 is 0 Å². The molecule has 0 spiro atoms. The van der Waals surface area contributed by atoms with Gasteiger partial charge in [0, 0.05) is 18.9 Å². The maximum Gasteiger partial charge on any atom is 0.221 e. The molecule has 0 radical (unpaired) electrons. The normalized spacial score (nSPS) is 15.9. The molecule has 0 amide bonds. The zero-order valence-corrected chi connectivity index (χ0v) is 32.1. The van der Waals surface area contributed by atoms with Crippen molar-refractivity contribution in [3.8, 4) is 55.8 Å². The Labute approximate surface area is 317 Å². The van der Waals surface area contributed by atoms with E-state index in [1.807, 2.05) is 0 Å². The van der Waals surface area contributed by atoms with Crippen molar-refractivity contribution in [2.24, 2.45) is 0 Å². The van der Waals surface area contributed by atoms with E-state index < -0.39 is 0 Å². The van der Waals surface area contributed by atoms with Crippen LogP contribution in [0.2, 0.25) is 0 Å². The van der Waals surface area contributed by atoms with E-state index in [1.54, 1.807) is 0 Å². The average molecular weight is 691 g/mol. The number of unbranched alkanes of at least 4 members (excludes halogenated alkanes) is 1. The summed E-state index contributed by atoms with van der Waals surface area (Å²) < 4.78 is 2.66. The zero-order valence-electron chi connectivity index (χ0n) is 32.1. The predicted octanol–water partition coefficient (Wildman–Crippen LogP) is 14.0. The van der Waals surface area contributed by atoms with Gasteiger partial charge in [-0.1, -0.05) is 137 Å². The summed E-state index contributed by atoms with van der Waals surface area (Å²) in [6.07, 6.45) is 9.16. The Morgan fingerprint density at radius 1 is 0.491 bits per heavy atom. The summed E-state index contributed by atoms with van der Waals surface area (Å²) >= 11 is 0. The van der Waals surface area contributed by atoms with E-state index in [1.165, 1.54) is 90.5 Å². The van der Waals surface area contributed by atoms with Crippen molar-refractivity contribution in [3.63, 3.8) is 0 Å². The third-order valence-corrected chi connectivity index (χ3v) is 12.7. The van der Waals surface area contributed by atoms with Crippen LogP contribution in [0, 0.1) is 0 Å². The molecule has 1 aliphatic heterocycles. The molecule has 264 valence electrons. The van der Waals surface area contributed by atoms with Gasteiger partial charge in [0.25, 0.3) is 0 Å². The number of hydrogen-bond acceptors (Lipinski definition) is 0. The van der Waals surface area contributed by atoms with Gasteiger partial charge in [-0.3, -0.25) is 0 Å². The van der Waals surface area contributed by atoms with Crippen LogP contribution in [0.1, 0.15) is 77.8 Å². The van der Waals surface area contributed by atoms with Crippen LogP contribution in [0.5, 0.6) is 0 Å². The third-order valence-electron chi connectivity index (χ3n) is 12.7. The monoisotopic (exact) mass is 690 g/mol. The number of nitrogens with zero attached hydrogens (tertiary/aromatic N) is 1. The number of rotatable bonds is 10. The molecular weight excluding hydrogens is 639 g/mol. The summed E-state index contributed by atoms with van der Waals surface area (Å²) in [6.45, 7) is 11.9. The van der Waals surface area contributed by atoms with Gasteiger partial charge in [0.2, 0.25) is 5.69 Å². The molecule has 0 saturated heterocycles. The smallest absolute Gasteiger partial charge is 0.192 e. The van der Waals surface area contributed by atoms with Crippen molar-refractivity contribution < 1.29 is 4.57 Å². The van der Waals surface area contributed by atoms with Crippen LogP contribution in [-0.2, 0) is 17.4 Å². The highest BCUT2D eigenvalue weighted by molar-refractivity contribution is 5.95. The second-order valence-corrected chi connectivity index (χ2v) is 15.4. The van der Waals surface area contributed by atoms with E-state index in [9.17, 15) is 0 Å². The molecule has 0 N–H and O–H groups in total. The Morgan fingerprint density at radius 3 is 1.77 bits per heavy atom. The lowest BCUT2D eigenvalue weighted by Gasteiger charge is -2.48. The SMILES string of the molecule is CCCCc1cccc(-c2cc(-c3ccccc3)cc(-c3cccc(-c4ccc5c(c4)-c4c6ccccc6cc[n+]4C(CC)(CC)C5(C)CC)c3)c2)c1. The molecule has 1 aliphatic rings. The maximum atomic E-state index is 2.66. The van der Waals surface area contributed by atoms with Crippen LogP contribution in [0.4, 0.5) is 0 Å². The van der Waals surface area contributed by atoms with E-state index >= 15 is 0 Å². The summed E-state index contributed by atoms with van der Waals surface area (Å²) in [5.74, 6) is 0. The van der Waals surface area contributed by atoms with Crippen molar-refractivity contribution in [3.05, 3.63) is 163 Å². The minimum atomic E-state index is -0.00740.